The highest BCUT2D eigenvalue weighted by molar-refractivity contribution is 5.79. The molecule has 0 aliphatic heterocycles. The Morgan fingerprint density at radius 1 is 1.27 bits per heavy atom. The zero-order valence-electron chi connectivity index (χ0n) is 15.0. The summed E-state index contributed by atoms with van der Waals surface area (Å²) >= 11 is 0. The van der Waals surface area contributed by atoms with E-state index < -0.39 is 0 Å². The number of methoxy groups -OCH3 is 1. The van der Waals surface area contributed by atoms with E-state index in [1.165, 1.54) is 13.3 Å². The predicted octanol–water partition coefficient (Wildman–Crippen LogP) is 3.07. The van der Waals surface area contributed by atoms with Gasteiger partial charge in [-0.15, -0.1) is 0 Å². The van der Waals surface area contributed by atoms with Crippen molar-refractivity contribution >= 4 is 6.29 Å². The molecule has 0 bridgehead atoms. The molecule has 7 heteroatoms. The molecule has 3 aromatic heterocycles. The highest BCUT2D eigenvalue weighted by Crippen LogP contribution is 2.27. The lowest BCUT2D eigenvalue weighted by Gasteiger charge is -2.13. The van der Waals surface area contributed by atoms with Crippen LogP contribution in [-0.2, 0) is 13.2 Å². The van der Waals surface area contributed by atoms with Gasteiger partial charge in [0, 0.05) is 24.4 Å². The Balaban J connectivity index is 1.91. The molecule has 3 aromatic rings. The third kappa shape index (κ3) is 3.42. The lowest BCUT2D eigenvalue weighted by Crippen LogP contribution is -2.06. The van der Waals surface area contributed by atoms with Crippen LogP contribution in [-0.4, -0.2) is 33.1 Å². The summed E-state index contributed by atoms with van der Waals surface area (Å²) in [5.41, 5.74) is 4.12. The van der Waals surface area contributed by atoms with Crippen LogP contribution in [0.15, 0.2) is 36.8 Å². The third-order valence-corrected chi connectivity index (χ3v) is 4.03. The second kappa shape index (κ2) is 7.77. The second-order valence-corrected chi connectivity index (χ2v) is 5.67. The highest BCUT2D eigenvalue weighted by Gasteiger charge is 2.15. The number of rotatable bonds is 7. The Hall–Kier alpha value is -3.22. The maximum Gasteiger partial charge on any atom is 0.213 e. The minimum Gasteiger partial charge on any atom is -0.486 e. The first-order valence-electron chi connectivity index (χ1n) is 8.26. The number of aromatic nitrogens is 4. The molecule has 0 aromatic carbocycles. The third-order valence-electron chi connectivity index (χ3n) is 4.03. The van der Waals surface area contributed by atoms with Gasteiger partial charge in [-0.2, -0.15) is 5.10 Å². The van der Waals surface area contributed by atoms with Crippen LogP contribution in [0.5, 0.6) is 11.6 Å². The minimum atomic E-state index is 0.256. The SMILES string of the molecule is CCn1ncc(C)c1-c1ncccc1COc1cnc(OC)cc1C=O. The molecule has 0 saturated heterocycles. The second-order valence-electron chi connectivity index (χ2n) is 5.67. The van der Waals surface area contributed by atoms with Gasteiger partial charge < -0.3 is 9.47 Å². The smallest absolute Gasteiger partial charge is 0.213 e. The largest absolute Gasteiger partial charge is 0.486 e. The van der Waals surface area contributed by atoms with Crippen molar-refractivity contribution in [1.82, 2.24) is 19.7 Å². The molecular formula is C19H20N4O3. The van der Waals surface area contributed by atoms with Crippen LogP contribution in [0.3, 0.4) is 0 Å². The van der Waals surface area contributed by atoms with Crippen LogP contribution in [0.4, 0.5) is 0 Å². The Bertz CT molecular complexity index is 921. The fourth-order valence-electron chi connectivity index (χ4n) is 2.71. The van der Waals surface area contributed by atoms with Gasteiger partial charge in [0.25, 0.3) is 0 Å². The Morgan fingerprint density at radius 3 is 2.85 bits per heavy atom. The van der Waals surface area contributed by atoms with Gasteiger partial charge >= 0.3 is 0 Å². The molecule has 0 amide bonds. The van der Waals surface area contributed by atoms with E-state index in [-0.39, 0.29) is 6.61 Å². The van der Waals surface area contributed by atoms with E-state index >= 15 is 0 Å². The maximum atomic E-state index is 11.3. The van der Waals surface area contributed by atoms with E-state index in [4.69, 9.17) is 9.47 Å². The molecule has 0 saturated carbocycles. The summed E-state index contributed by atoms with van der Waals surface area (Å²) in [6, 6.07) is 5.35. The van der Waals surface area contributed by atoms with Gasteiger partial charge in [0.05, 0.1) is 36.5 Å². The summed E-state index contributed by atoms with van der Waals surface area (Å²) in [6.07, 6.45) is 5.78. The highest BCUT2D eigenvalue weighted by atomic mass is 16.5. The van der Waals surface area contributed by atoms with E-state index in [1.807, 2.05) is 36.9 Å². The molecular weight excluding hydrogens is 332 g/mol. The van der Waals surface area contributed by atoms with Gasteiger partial charge in [0.15, 0.2) is 6.29 Å². The standard InChI is InChI=1S/C19H20N4O3/c1-4-23-19(13(2)9-22-23)18-14(6-5-7-20-18)12-26-16-10-21-17(25-3)8-15(16)11-24/h5-11H,4,12H2,1-3H3. The van der Waals surface area contributed by atoms with E-state index in [0.717, 1.165) is 35.3 Å². The summed E-state index contributed by atoms with van der Waals surface area (Å²) < 4.78 is 12.8. The zero-order valence-corrected chi connectivity index (χ0v) is 15.0. The molecule has 134 valence electrons. The van der Waals surface area contributed by atoms with Crippen LogP contribution in [0.25, 0.3) is 11.4 Å². The summed E-state index contributed by atoms with van der Waals surface area (Å²) in [4.78, 5) is 19.9. The molecule has 0 N–H and O–H groups in total. The van der Waals surface area contributed by atoms with E-state index in [2.05, 4.69) is 15.1 Å². The lowest BCUT2D eigenvalue weighted by molar-refractivity contribution is 0.111. The summed E-state index contributed by atoms with van der Waals surface area (Å²) in [5.74, 6) is 0.764. The average Bonchev–Trinajstić information content (AvgIpc) is 3.06. The first kappa shape index (κ1) is 17.6. The number of nitrogens with zero attached hydrogens (tertiary/aromatic N) is 4. The lowest BCUT2D eigenvalue weighted by atomic mass is 10.1. The topological polar surface area (TPSA) is 79.1 Å². The van der Waals surface area contributed by atoms with Crippen LogP contribution in [0.1, 0.15) is 28.4 Å². The molecule has 0 atom stereocenters. The monoisotopic (exact) mass is 352 g/mol. The van der Waals surface area contributed by atoms with E-state index in [1.54, 1.807) is 12.3 Å². The number of hydrogen-bond acceptors (Lipinski definition) is 6. The van der Waals surface area contributed by atoms with E-state index in [9.17, 15) is 4.79 Å². The average molecular weight is 352 g/mol. The Labute approximate surface area is 151 Å². The molecule has 7 nitrogen and oxygen atoms in total. The number of pyridine rings is 2. The number of carbonyl (C=O) groups excluding carboxylic acids is 1. The van der Waals surface area contributed by atoms with Crippen molar-refractivity contribution in [2.75, 3.05) is 7.11 Å². The van der Waals surface area contributed by atoms with Crippen molar-refractivity contribution in [3.8, 4) is 23.0 Å². The number of ether oxygens (including phenoxy) is 2. The maximum absolute atomic E-state index is 11.3. The normalized spacial score (nSPS) is 10.6. The number of carbonyl (C=O) groups is 1. The van der Waals surface area contributed by atoms with E-state index in [0.29, 0.717) is 17.2 Å². The molecule has 0 aliphatic rings. The predicted molar refractivity (Wildman–Crippen MR) is 96.4 cm³/mol. The van der Waals surface area contributed by atoms with Gasteiger partial charge in [-0.1, -0.05) is 6.07 Å². The minimum absolute atomic E-state index is 0.256. The number of aldehydes is 1. The van der Waals surface area contributed by atoms with Gasteiger partial charge in [-0.25, -0.2) is 4.98 Å². The van der Waals surface area contributed by atoms with Crippen LogP contribution >= 0.6 is 0 Å². The van der Waals surface area contributed by atoms with Crippen LogP contribution in [0.2, 0.25) is 0 Å². The fraction of sp³-hybridized carbons (Fsp3) is 0.263. The van der Waals surface area contributed by atoms with Gasteiger partial charge in [-0.05, 0) is 25.5 Å². The molecule has 0 fully saturated rings. The van der Waals surface area contributed by atoms with Crippen molar-refractivity contribution < 1.29 is 14.3 Å². The van der Waals surface area contributed by atoms with Gasteiger partial charge in [0.2, 0.25) is 5.88 Å². The summed E-state index contributed by atoms with van der Waals surface area (Å²) in [6.45, 7) is 5.05. The first-order chi connectivity index (χ1) is 12.7. The zero-order chi connectivity index (χ0) is 18.5. The summed E-state index contributed by atoms with van der Waals surface area (Å²) in [7, 11) is 1.50. The van der Waals surface area contributed by atoms with Crippen LogP contribution < -0.4 is 9.47 Å². The molecule has 3 heterocycles. The van der Waals surface area contributed by atoms with Crippen molar-refractivity contribution in [2.45, 2.75) is 27.0 Å². The molecule has 0 aliphatic carbocycles. The van der Waals surface area contributed by atoms with Crippen LogP contribution in [0, 0.1) is 6.92 Å². The number of aryl methyl sites for hydroxylation is 2. The Kier molecular flexibility index (Phi) is 5.26. The van der Waals surface area contributed by atoms with Crippen molar-refractivity contribution in [1.29, 1.82) is 0 Å². The first-order valence-corrected chi connectivity index (χ1v) is 8.26. The molecule has 26 heavy (non-hydrogen) atoms. The molecule has 0 radical (unpaired) electrons. The fourth-order valence-corrected chi connectivity index (χ4v) is 2.71. The van der Waals surface area contributed by atoms with Crippen molar-refractivity contribution in [3.05, 3.63) is 53.5 Å². The number of hydrogen-bond donors (Lipinski definition) is 0. The summed E-state index contributed by atoms with van der Waals surface area (Å²) in [5, 5.41) is 4.38. The quantitative estimate of drug-likeness (QED) is 0.608. The Morgan fingerprint density at radius 2 is 2.12 bits per heavy atom. The van der Waals surface area contributed by atoms with Gasteiger partial charge in [-0.3, -0.25) is 14.5 Å². The van der Waals surface area contributed by atoms with Crippen molar-refractivity contribution in [3.63, 3.8) is 0 Å². The molecule has 0 unspecified atom stereocenters. The molecule has 0 spiro atoms. The van der Waals surface area contributed by atoms with Gasteiger partial charge in [0.1, 0.15) is 12.4 Å². The van der Waals surface area contributed by atoms with Crippen molar-refractivity contribution in [2.24, 2.45) is 0 Å². The molecule has 3 rings (SSSR count).